The fourth-order valence-corrected chi connectivity index (χ4v) is 8.55. The smallest absolute Gasteiger partial charge is 0.417 e. The number of sulfone groups is 1. The van der Waals surface area contributed by atoms with E-state index < -0.39 is 55.4 Å². The van der Waals surface area contributed by atoms with Gasteiger partial charge in [-0.1, -0.05) is 58.9 Å². The van der Waals surface area contributed by atoms with E-state index in [0.29, 0.717) is 35.8 Å². The number of carbonyl (C=O) groups is 2. The summed E-state index contributed by atoms with van der Waals surface area (Å²) < 4.78 is 68.6. The zero-order chi connectivity index (χ0) is 29.5. The van der Waals surface area contributed by atoms with E-state index in [0.717, 1.165) is 55.6 Å². The second-order valence-electron chi connectivity index (χ2n) is 12.2. The molecule has 1 heterocycles. The Morgan fingerprint density at radius 1 is 1.10 bits per heavy atom. The molecule has 0 atom stereocenters. The van der Waals surface area contributed by atoms with Gasteiger partial charge >= 0.3 is 12.1 Å². The molecule has 0 bridgehead atoms. The fourth-order valence-electron chi connectivity index (χ4n) is 5.47. The highest BCUT2D eigenvalue weighted by molar-refractivity contribution is 7.91. The summed E-state index contributed by atoms with van der Waals surface area (Å²) in [6.45, 7) is 4.96. The molecule has 2 aliphatic carbocycles. The van der Waals surface area contributed by atoms with Gasteiger partial charge in [0.05, 0.1) is 32.7 Å². The zero-order valence-electron chi connectivity index (χ0n) is 22.8. The summed E-state index contributed by atoms with van der Waals surface area (Å²) in [4.78, 5) is 28.3. The number of thiazole rings is 1. The van der Waals surface area contributed by atoms with Crippen LogP contribution < -0.4 is 5.32 Å². The molecular formula is C28H35F3N2O5S2. The number of nitrogens with one attached hydrogen (secondary N) is 1. The summed E-state index contributed by atoms with van der Waals surface area (Å²) in [5, 5.41) is 12.0. The third-order valence-corrected chi connectivity index (χ3v) is 10.8. The van der Waals surface area contributed by atoms with Gasteiger partial charge in [0.2, 0.25) is 0 Å². The Hall–Kier alpha value is -2.47. The molecule has 2 N–H and O–H groups in total. The normalized spacial score (nSPS) is 20.6. The molecule has 2 aliphatic rings. The first-order valence-corrected chi connectivity index (χ1v) is 16.0. The molecule has 1 amide bonds. The number of aromatic nitrogens is 1. The molecule has 40 heavy (non-hydrogen) atoms. The molecule has 1 aromatic heterocycles. The first-order valence-electron chi connectivity index (χ1n) is 13.5. The molecule has 2 saturated carbocycles. The third kappa shape index (κ3) is 7.23. The zero-order valence-corrected chi connectivity index (χ0v) is 24.4. The van der Waals surface area contributed by atoms with Gasteiger partial charge in [0.1, 0.15) is 0 Å². The van der Waals surface area contributed by atoms with Crippen LogP contribution in [-0.2, 0) is 27.2 Å². The van der Waals surface area contributed by atoms with Crippen molar-refractivity contribution in [1.29, 1.82) is 0 Å². The number of alkyl halides is 3. The van der Waals surface area contributed by atoms with Crippen molar-refractivity contribution < 1.29 is 36.3 Å². The minimum absolute atomic E-state index is 0.0950. The van der Waals surface area contributed by atoms with Crippen LogP contribution in [-0.4, -0.2) is 42.2 Å². The van der Waals surface area contributed by atoms with Crippen molar-refractivity contribution in [3.05, 3.63) is 34.5 Å². The second kappa shape index (κ2) is 11.4. The van der Waals surface area contributed by atoms with E-state index in [1.807, 2.05) is 0 Å². The van der Waals surface area contributed by atoms with Crippen molar-refractivity contribution in [2.75, 3.05) is 5.75 Å². The number of rotatable bonds is 8. The number of hydrogen-bond donors (Lipinski definition) is 2. The highest BCUT2D eigenvalue weighted by Gasteiger charge is 2.39. The quantitative estimate of drug-likeness (QED) is 0.364. The summed E-state index contributed by atoms with van der Waals surface area (Å²) in [5.74, 6) is -2.06. The molecule has 0 unspecified atom stereocenters. The minimum atomic E-state index is -4.91. The van der Waals surface area contributed by atoms with Crippen molar-refractivity contribution in [2.45, 2.75) is 89.3 Å². The number of nitrogens with zero attached hydrogens (tertiary/aromatic N) is 1. The predicted molar refractivity (Wildman–Crippen MR) is 146 cm³/mol. The summed E-state index contributed by atoms with van der Waals surface area (Å²) in [5.41, 5.74) is -1.28. The average Bonchev–Trinajstić information content (AvgIpc) is 3.22. The standard InChI is InChI=1S/C28H35F3N2O5S2/c1-27(2,3)15-40(37,38)22-10-9-17(14-20(22)28(29,30)31)23-21(11-16-7-5-4-6-8-16)33-25(39-23)24(34)32-19-12-18(13-19)26(35)36/h9-10,14,16,18-19H,4-8,11-13,15H2,1-3H3,(H,32,34)(H,35,36)/t18-,19-. The molecule has 2 fully saturated rings. The lowest BCUT2D eigenvalue weighted by Crippen LogP contribution is -2.46. The number of carboxylic acid groups (broad SMARTS) is 1. The first kappa shape index (κ1) is 30.5. The highest BCUT2D eigenvalue weighted by Crippen LogP contribution is 2.41. The van der Waals surface area contributed by atoms with Crippen LogP contribution in [0.1, 0.15) is 86.8 Å². The molecule has 12 heteroatoms. The minimum Gasteiger partial charge on any atom is -0.481 e. The van der Waals surface area contributed by atoms with Gasteiger partial charge in [-0.3, -0.25) is 9.59 Å². The van der Waals surface area contributed by atoms with Gasteiger partial charge in [-0.2, -0.15) is 13.2 Å². The molecule has 0 saturated heterocycles. The predicted octanol–water partition coefficient (Wildman–Crippen LogP) is 6.36. The second-order valence-corrected chi connectivity index (χ2v) is 15.2. The van der Waals surface area contributed by atoms with Gasteiger partial charge in [0.25, 0.3) is 5.91 Å². The van der Waals surface area contributed by atoms with E-state index in [-0.39, 0.29) is 16.6 Å². The maximum atomic E-state index is 14.2. The van der Waals surface area contributed by atoms with Crippen LogP contribution in [0, 0.1) is 17.3 Å². The fraction of sp³-hybridized carbons (Fsp3) is 0.607. The van der Waals surface area contributed by atoms with Crippen LogP contribution in [0.25, 0.3) is 10.4 Å². The van der Waals surface area contributed by atoms with Crippen molar-refractivity contribution in [3.8, 4) is 10.4 Å². The van der Waals surface area contributed by atoms with Gasteiger partial charge in [-0.05, 0) is 48.3 Å². The van der Waals surface area contributed by atoms with Gasteiger partial charge in [-0.25, -0.2) is 13.4 Å². The van der Waals surface area contributed by atoms with Crippen molar-refractivity contribution in [1.82, 2.24) is 10.3 Å². The van der Waals surface area contributed by atoms with E-state index in [2.05, 4.69) is 10.3 Å². The van der Waals surface area contributed by atoms with Crippen LogP contribution in [0.15, 0.2) is 23.1 Å². The molecule has 4 rings (SSSR count). The lowest BCUT2D eigenvalue weighted by molar-refractivity contribution is -0.145. The van der Waals surface area contributed by atoms with Gasteiger partial charge in [0, 0.05) is 6.04 Å². The largest absolute Gasteiger partial charge is 0.481 e. The monoisotopic (exact) mass is 600 g/mol. The number of benzene rings is 1. The van der Waals surface area contributed by atoms with Crippen LogP contribution in [0.5, 0.6) is 0 Å². The Morgan fingerprint density at radius 2 is 1.75 bits per heavy atom. The van der Waals surface area contributed by atoms with Gasteiger partial charge < -0.3 is 10.4 Å². The molecule has 0 radical (unpaired) electrons. The van der Waals surface area contributed by atoms with Crippen molar-refractivity contribution in [2.24, 2.45) is 17.3 Å². The molecule has 220 valence electrons. The molecule has 1 aromatic carbocycles. The molecule has 0 aliphatic heterocycles. The number of amides is 1. The van der Waals surface area contributed by atoms with E-state index in [9.17, 15) is 31.2 Å². The maximum absolute atomic E-state index is 14.2. The number of hydrogen-bond acceptors (Lipinski definition) is 6. The topological polar surface area (TPSA) is 113 Å². The van der Waals surface area contributed by atoms with E-state index >= 15 is 0 Å². The van der Waals surface area contributed by atoms with Crippen molar-refractivity contribution in [3.63, 3.8) is 0 Å². The van der Waals surface area contributed by atoms with E-state index in [4.69, 9.17) is 5.11 Å². The Morgan fingerprint density at radius 3 is 2.33 bits per heavy atom. The van der Waals surface area contributed by atoms with E-state index in [1.165, 1.54) is 6.07 Å². The lowest BCUT2D eigenvalue weighted by atomic mass is 9.80. The third-order valence-electron chi connectivity index (χ3n) is 7.43. The van der Waals surface area contributed by atoms with Crippen molar-refractivity contribution >= 4 is 33.1 Å². The number of carboxylic acids is 1. The van der Waals surface area contributed by atoms with Crippen LogP contribution >= 0.6 is 11.3 Å². The Balaban J connectivity index is 1.71. The summed E-state index contributed by atoms with van der Waals surface area (Å²) in [6.07, 6.45) is 1.41. The molecule has 0 spiro atoms. The Kier molecular flexibility index (Phi) is 8.71. The van der Waals surface area contributed by atoms with Crippen LogP contribution in [0.2, 0.25) is 0 Å². The number of aliphatic carboxylic acids is 1. The van der Waals surface area contributed by atoms with E-state index in [1.54, 1.807) is 20.8 Å². The summed E-state index contributed by atoms with van der Waals surface area (Å²) in [7, 11) is -4.23. The number of carbonyl (C=O) groups excluding carboxylic acids is 1. The molecule has 7 nitrogen and oxygen atoms in total. The van der Waals surface area contributed by atoms with Crippen LogP contribution in [0.3, 0.4) is 0 Å². The van der Waals surface area contributed by atoms with Gasteiger partial charge in [-0.15, -0.1) is 11.3 Å². The lowest BCUT2D eigenvalue weighted by Gasteiger charge is -2.32. The summed E-state index contributed by atoms with van der Waals surface area (Å²) >= 11 is 0.979. The van der Waals surface area contributed by atoms with Gasteiger partial charge in [0.15, 0.2) is 14.8 Å². The Bertz CT molecular complexity index is 1370. The number of halogens is 3. The molecule has 2 aromatic rings. The first-order chi connectivity index (χ1) is 18.5. The molecular weight excluding hydrogens is 565 g/mol. The average molecular weight is 601 g/mol. The maximum Gasteiger partial charge on any atom is 0.417 e. The SMILES string of the molecule is CC(C)(C)CS(=O)(=O)c1ccc(-c2sc(C(=O)N[C@H]3C[C@H](C(=O)O)C3)nc2CC2CCCCC2)cc1C(F)(F)F. The highest BCUT2D eigenvalue weighted by atomic mass is 32.2. The summed E-state index contributed by atoms with van der Waals surface area (Å²) in [6, 6.07) is 2.95. The Labute approximate surface area is 236 Å². The van der Waals surface area contributed by atoms with Crippen LogP contribution in [0.4, 0.5) is 13.2 Å².